The van der Waals surface area contributed by atoms with Crippen LogP contribution in [0.1, 0.15) is 44.2 Å². The van der Waals surface area contributed by atoms with Crippen LogP contribution in [0.15, 0.2) is 39.4 Å². The van der Waals surface area contributed by atoms with E-state index in [-0.39, 0.29) is 12.5 Å². The molecule has 0 saturated carbocycles. The van der Waals surface area contributed by atoms with E-state index >= 15 is 0 Å². The molecule has 1 N–H and O–H groups in total. The molecule has 2 aromatic heterocycles. The lowest BCUT2D eigenvalue weighted by Crippen LogP contribution is -2.34. The second-order valence-corrected chi connectivity index (χ2v) is 7.41. The molecular weight excluding hydrogens is 404 g/mol. The zero-order valence-electron chi connectivity index (χ0n) is 17.6. The molecule has 0 aliphatic heterocycles. The molecule has 160 valence electrons. The number of furan rings is 1. The molecule has 0 spiro atoms. The summed E-state index contributed by atoms with van der Waals surface area (Å²) >= 11 is 6.35. The molecule has 30 heavy (non-hydrogen) atoms. The number of nitrogens with zero attached hydrogens (tertiary/aromatic N) is 3. The summed E-state index contributed by atoms with van der Waals surface area (Å²) in [4.78, 5) is 14.8. The Morgan fingerprint density at radius 1 is 1.17 bits per heavy atom. The average molecular weight is 431 g/mol. The minimum Gasteiger partial charge on any atom is -0.459 e. The first-order valence-corrected chi connectivity index (χ1v) is 10.6. The highest BCUT2D eigenvalue weighted by Crippen LogP contribution is 2.29. The maximum atomic E-state index is 12.8. The second-order valence-electron chi connectivity index (χ2n) is 7.00. The molecule has 0 aliphatic carbocycles. The lowest BCUT2D eigenvalue weighted by molar-refractivity contribution is -0.117. The minimum absolute atomic E-state index is 0.0964. The van der Waals surface area contributed by atoms with E-state index in [1.807, 2.05) is 24.0 Å². The van der Waals surface area contributed by atoms with E-state index in [1.54, 1.807) is 18.4 Å². The summed E-state index contributed by atoms with van der Waals surface area (Å²) in [6.45, 7) is 7.48. The van der Waals surface area contributed by atoms with Gasteiger partial charge in [-0.3, -0.25) is 9.69 Å². The van der Waals surface area contributed by atoms with E-state index in [2.05, 4.69) is 29.4 Å². The largest absolute Gasteiger partial charge is 0.459 e. The van der Waals surface area contributed by atoms with Crippen molar-refractivity contribution in [3.8, 4) is 11.7 Å². The molecular formula is C22H27ClN4O3. The van der Waals surface area contributed by atoms with E-state index in [4.69, 9.17) is 20.4 Å². The van der Waals surface area contributed by atoms with Crippen molar-refractivity contribution in [2.75, 3.05) is 18.4 Å². The zero-order valence-corrected chi connectivity index (χ0v) is 18.3. The van der Waals surface area contributed by atoms with Gasteiger partial charge >= 0.3 is 0 Å². The Hall–Kier alpha value is -2.64. The summed E-state index contributed by atoms with van der Waals surface area (Å²) in [6.07, 6.45) is 4.01. The van der Waals surface area contributed by atoms with Gasteiger partial charge in [0.1, 0.15) is 0 Å². The predicted molar refractivity (Wildman–Crippen MR) is 116 cm³/mol. The Balaban J connectivity index is 1.70. The number of amides is 1. The monoisotopic (exact) mass is 430 g/mol. The number of nitrogens with one attached hydrogen (secondary N) is 1. The Kier molecular flexibility index (Phi) is 7.65. The normalized spacial score (nSPS) is 11.2. The van der Waals surface area contributed by atoms with Gasteiger partial charge in [-0.1, -0.05) is 38.4 Å². The van der Waals surface area contributed by atoms with Gasteiger partial charge in [-0.25, -0.2) is 0 Å². The lowest BCUT2D eigenvalue weighted by Gasteiger charge is -2.21. The van der Waals surface area contributed by atoms with Crippen LogP contribution in [0.2, 0.25) is 5.02 Å². The van der Waals surface area contributed by atoms with Gasteiger partial charge in [0.2, 0.25) is 11.8 Å². The fourth-order valence-electron chi connectivity index (χ4n) is 3.39. The van der Waals surface area contributed by atoms with Crippen molar-refractivity contribution in [1.29, 1.82) is 0 Å². The van der Waals surface area contributed by atoms with Crippen molar-refractivity contribution >= 4 is 23.2 Å². The van der Waals surface area contributed by atoms with Crippen molar-refractivity contribution in [3.05, 3.63) is 52.6 Å². The summed E-state index contributed by atoms with van der Waals surface area (Å²) in [5.74, 6) is 1.19. The molecule has 8 heteroatoms. The molecule has 1 aromatic carbocycles. The van der Waals surface area contributed by atoms with Gasteiger partial charge in [-0.05, 0) is 55.1 Å². The standard InChI is InChI=1S/C22H27ClN4O3/c1-4-11-27(14-20-25-26-22(30-20)18-8-7-12-29-18)13-19(28)24-21-15(5-2)9-10-17(23)16(21)6-3/h7-10,12H,4-6,11,13-14H2,1-3H3,(H,24,28). The van der Waals surface area contributed by atoms with Gasteiger partial charge in [-0.15, -0.1) is 10.2 Å². The molecule has 0 saturated heterocycles. The molecule has 0 aliphatic rings. The summed E-state index contributed by atoms with van der Waals surface area (Å²) in [7, 11) is 0. The van der Waals surface area contributed by atoms with Gasteiger partial charge in [0.25, 0.3) is 5.89 Å². The number of rotatable bonds is 10. The van der Waals surface area contributed by atoms with Crippen LogP contribution in [0, 0.1) is 0 Å². The molecule has 0 fully saturated rings. The zero-order chi connectivity index (χ0) is 21.5. The van der Waals surface area contributed by atoms with Crippen LogP contribution in [0.4, 0.5) is 5.69 Å². The summed E-state index contributed by atoms with van der Waals surface area (Å²) in [6, 6.07) is 7.38. The third-order valence-corrected chi connectivity index (χ3v) is 5.16. The van der Waals surface area contributed by atoms with Crippen LogP contribution < -0.4 is 5.32 Å². The average Bonchev–Trinajstić information content (AvgIpc) is 3.40. The number of anilines is 1. The smallest absolute Gasteiger partial charge is 0.283 e. The number of hydrogen-bond acceptors (Lipinski definition) is 6. The third-order valence-electron chi connectivity index (χ3n) is 4.81. The van der Waals surface area contributed by atoms with E-state index in [1.165, 1.54) is 0 Å². The molecule has 0 atom stereocenters. The molecule has 3 rings (SSSR count). The number of benzene rings is 1. The maximum Gasteiger partial charge on any atom is 0.283 e. The SMILES string of the molecule is CCCN(CC(=O)Nc1c(CC)ccc(Cl)c1CC)Cc1nnc(-c2ccco2)o1. The van der Waals surface area contributed by atoms with Gasteiger partial charge in [0.05, 0.1) is 19.4 Å². The van der Waals surface area contributed by atoms with Gasteiger partial charge < -0.3 is 14.2 Å². The van der Waals surface area contributed by atoms with Crippen LogP contribution in [0.5, 0.6) is 0 Å². The van der Waals surface area contributed by atoms with Crippen molar-refractivity contribution in [3.63, 3.8) is 0 Å². The van der Waals surface area contributed by atoms with Gasteiger partial charge in [0, 0.05) is 10.7 Å². The first kappa shape index (κ1) is 22.1. The van der Waals surface area contributed by atoms with E-state index in [9.17, 15) is 4.79 Å². The number of carbonyl (C=O) groups excluding carboxylic acids is 1. The Morgan fingerprint density at radius 2 is 2.00 bits per heavy atom. The van der Waals surface area contributed by atoms with E-state index < -0.39 is 0 Å². The summed E-state index contributed by atoms with van der Waals surface area (Å²) in [5, 5.41) is 11.9. The van der Waals surface area contributed by atoms with Crippen LogP contribution in [-0.2, 0) is 24.2 Å². The van der Waals surface area contributed by atoms with E-state index in [0.717, 1.165) is 42.6 Å². The van der Waals surface area contributed by atoms with Gasteiger partial charge in [-0.2, -0.15) is 0 Å². The van der Waals surface area contributed by atoms with Crippen molar-refractivity contribution < 1.29 is 13.6 Å². The van der Waals surface area contributed by atoms with Crippen LogP contribution in [-0.4, -0.2) is 34.1 Å². The molecule has 0 unspecified atom stereocenters. The lowest BCUT2D eigenvalue weighted by atomic mass is 10.0. The molecule has 0 bridgehead atoms. The first-order chi connectivity index (χ1) is 14.5. The topological polar surface area (TPSA) is 84.4 Å². The van der Waals surface area contributed by atoms with Crippen LogP contribution in [0.3, 0.4) is 0 Å². The number of aryl methyl sites for hydroxylation is 1. The predicted octanol–water partition coefficient (Wildman–Crippen LogP) is 4.96. The summed E-state index contributed by atoms with van der Waals surface area (Å²) in [5.41, 5.74) is 2.87. The number of hydrogen-bond donors (Lipinski definition) is 1. The Labute approximate surface area is 181 Å². The Bertz CT molecular complexity index is 969. The fraction of sp³-hybridized carbons (Fsp3) is 0.409. The number of halogens is 1. The van der Waals surface area contributed by atoms with Crippen LogP contribution >= 0.6 is 11.6 Å². The van der Waals surface area contributed by atoms with Crippen molar-refractivity contribution in [2.45, 2.75) is 46.6 Å². The first-order valence-electron chi connectivity index (χ1n) is 10.2. The quantitative estimate of drug-likeness (QED) is 0.489. The van der Waals surface area contributed by atoms with Crippen LogP contribution in [0.25, 0.3) is 11.7 Å². The molecule has 0 radical (unpaired) electrons. The highest BCUT2D eigenvalue weighted by molar-refractivity contribution is 6.32. The molecule has 1 amide bonds. The van der Waals surface area contributed by atoms with Crippen molar-refractivity contribution in [2.24, 2.45) is 0 Å². The fourth-order valence-corrected chi connectivity index (χ4v) is 3.68. The van der Waals surface area contributed by atoms with Gasteiger partial charge in [0.15, 0.2) is 5.76 Å². The maximum absolute atomic E-state index is 12.8. The van der Waals surface area contributed by atoms with E-state index in [0.29, 0.717) is 29.1 Å². The second kappa shape index (κ2) is 10.4. The minimum atomic E-state index is -0.0964. The molecule has 2 heterocycles. The summed E-state index contributed by atoms with van der Waals surface area (Å²) < 4.78 is 11.0. The van der Waals surface area contributed by atoms with Crippen molar-refractivity contribution in [1.82, 2.24) is 15.1 Å². The number of aromatic nitrogens is 2. The highest BCUT2D eigenvalue weighted by Gasteiger charge is 2.18. The Morgan fingerprint density at radius 3 is 2.67 bits per heavy atom. The molecule has 7 nitrogen and oxygen atoms in total. The highest BCUT2D eigenvalue weighted by atomic mass is 35.5. The molecule has 3 aromatic rings. The number of carbonyl (C=O) groups is 1. The third kappa shape index (κ3) is 5.29.